The normalized spacial score (nSPS) is 16.3. The third-order valence-corrected chi connectivity index (χ3v) is 4.77. The van der Waals surface area contributed by atoms with Crippen LogP contribution in [-0.4, -0.2) is 42.0 Å². The van der Waals surface area contributed by atoms with Gasteiger partial charge < -0.3 is 15.0 Å². The standard InChI is InChI=1S/C19H30N4O3/c1-14(21-17(24)9-10-18(25)26-3)16-13-20-19(22-15(16)2)23-11-7-5-4-6-8-12-23/h13-14H,4-12H2,1-3H3,(H,21,24). The maximum atomic E-state index is 12.0. The molecule has 7 heteroatoms. The molecule has 1 unspecified atom stereocenters. The number of amides is 1. The minimum atomic E-state index is -0.384. The molecule has 0 saturated carbocycles. The Labute approximate surface area is 155 Å². The van der Waals surface area contributed by atoms with E-state index in [4.69, 9.17) is 0 Å². The van der Waals surface area contributed by atoms with Crippen molar-refractivity contribution < 1.29 is 14.3 Å². The summed E-state index contributed by atoms with van der Waals surface area (Å²) in [5.74, 6) is 0.206. The second-order valence-corrected chi connectivity index (χ2v) is 6.83. The minimum Gasteiger partial charge on any atom is -0.469 e. The Kier molecular flexibility index (Phi) is 7.81. The third-order valence-electron chi connectivity index (χ3n) is 4.77. The van der Waals surface area contributed by atoms with Gasteiger partial charge in [-0.2, -0.15) is 0 Å². The highest BCUT2D eigenvalue weighted by atomic mass is 16.5. The Morgan fingerprint density at radius 1 is 1.19 bits per heavy atom. The van der Waals surface area contributed by atoms with Crippen molar-refractivity contribution in [2.45, 2.75) is 64.8 Å². The van der Waals surface area contributed by atoms with E-state index < -0.39 is 0 Å². The molecular formula is C19H30N4O3. The Hall–Kier alpha value is -2.18. The quantitative estimate of drug-likeness (QED) is 0.783. The average molecular weight is 362 g/mol. The van der Waals surface area contributed by atoms with Crippen LogP contribution in [0.15, 0.2) is 6.20 Å². The summed E-state index contributed by atoms with van der Waals surface area (Å²) in [7, 11) is 1.32. The van der Waals surface area contributed by atoms with Gasteiger partial charge >= 0.3 is 5.97 Å². The first kappa shape index (κ1) is 20.1. The number of esters is 1. The van der Waals surface area contributed by atoms with Crippen molar-refractivity contribution in [2.24, 2.45) is 0 Å². The van der Waals surface area contributed by atoms with Gasteiger partial charge in [-0.3, -0.25) is 9.59 Å². The number of carbonyl (C=O) groups is 2. The van der Waals surface area contributed by atoms with Crippen molar-refractivity contribution in [1.82, 2.24) is 15.3 Å². The highest BCUT2D eigenvalue weighted by Crippen LogP contribution is 2.20. The van der Waals surface area contributed by atoms with E-state index in [0.717, 1.165) is 30.3 Å². The molecular weight excluding hydrogens is 332 g/mol. The molecule has 1 amide bonds. The molecule has 0 aromatic carbocycles. The second kappa shape index (κ2) is 10.1. The lowest BCUT2D eigenvalue weighted by Crippen LogP contribution is -2.30. The Morgan fingerprint density at radius 3 is 2.46 bits per heavy atom. The fourth-order valence-corrected chi connectivity index (χ4v) is 3.20. The Balaban J connectivity index is 1.96. The van der Waals surface area contributed by atoms with E-state index in [1.165, 1.54) is 39.2 Å². The lowest BCUT2D eigenvalue weighted by atomic mass is 10.1. The molecule has 0 bridgehead atoms. The summed E-state index contributed by atoms with van der Waals surface area (Å²) in [4.78, 5) is 34.6. The van der Waals surface area contributed by atoms with Crippen molar-refractivity contribution in [1.29, 1.82) is 0 Å². The molecule has 2 rings (SSSR count). The molecule has 0 aliphatic carbocycles. The number of aryl methyl sites for hydroxylation is 1. The van der Waals surface area contributed by atoms with Crippen molar-refractivity contribution in [3.63, 3.8) is 0 Å². The van der Waals surface area contributed by atoms with Gasteiger partial charge in [0, 0.05) is 37.0 Å². The first-order chi connectivity index (χ1) is 12.5. The zero-order valence-electron chi connectivity index (χ0n) is 16.1. The van der Waals surface area contributed by atoms with Crippen LogP contribution in [0, 0.1) is 6.92 Å². The predicted molar refractivity (Wildman–Crippen MR) is 99.9 cm³/mol. The molecule has 1 aromatic rings. The summed E-state index contributed by atoms with van der Waals surface area (Å²) in [5, 5.41) is 2.89. The smallest absolute Gasteiger partial charge is 0.306 e. The first-order valence-electron chi connectivity index (χ1n) is 9.46. The van der Waals surface area contributed by atoms with Crippen LogP contribution in [0.5, 0.6) is 0 Å². The first-order valence-corrected chi connectivity index (χ1v) is 9.46. The zero-order valence-corrected chi connectivity index (χ0v) is 16.1. The highest BCUT2D eigenvalue weighted by molar-refractivity contribution is 5.81. The molecule has 1 fully saturated rings. The lowest BCUT2D eigenvalue weighted by Gasteiger charge is -2.25. The molecule has 1 N–H and O–H groups in total. The van der Waals surface area contributed by atoms with Crippen LogP contribution in [0.2, 0.25) is 0 Å². The van der Waals surface area contributed by atoms with Crippen molar-refractivity contribution in [2.75, 3.05) is 25.1 Å². The van der Waals surface area contributed by atoms with Crippen LogP contribution in [0.1, 0.15) is 69.2 Å². The van der Waals surface area contributed by atoms with Crippen LogP contribution in [0.25, 0.3) is 0 Å². The van der Waals surface area contributed by atoms with Gasteiger partial charge in [0.25, 0.3) is 0 Å². The van der Waals surface area contributed by atoms with Crippen LogP contribution in [0.4, 0.5) is 5.95 Å². The summed E-state index contributed by atoms with van der Waals surface area (Å²) in [6.45, 7) is 5.84. The number of nitrogens with zero attached hydrogens (tertiary/aromatic N) is 3. The van der Waals surface area contributed by atoms with Gasteiger partial charge in [0.15, 0.2) is 0 Å². The van der Waals surface area contributed by atoms with Crippen molar-refractivity contribution >= 4 is 17.8 Å². The maximum Gasteiger partial charge on any atom is 0.306 e. The van der Waals surface area contributed by atoms with Crippen molar-refractivity contribution in [3.8, 4) is 0 Å². The van der Waals surface area contributed by atoms with Gasteiger partial charge in [-0.1, -0.05) is 19.3 Å². The lowest BCUT2D eigenvalue weighted by molar-refractivity contribution is -0.142. The fourth-order valence-electron chi connectivity index (χ4n) is 3.20. The van der Waals surface area contributed by atoms with Crippen LogP contribution in [0.3, 0.4) is 0 Å². The fraction of sp³-hybridized carbons (Fsp3) is 0.684. The monoisotopic (exact) mass is 362 g/mol. The van der Waals surface area contributed by atoms with Gasteiger partial charge in [-0.05, 0) is 26.7 Å². The van der Waals surface area contributed by atoms with Crippen LogP contribution < -0.4 is 10.2 Å². The summed E-state index contributed by atoms with van der Waals surface area (Å²) >= 11 is 0. The van der Waals surface area contributed by atoms with Gasteiger partial charge in [-0.15, -0.1) is 0 Å². The molecule has 7 nitrogen and oxygen atoms in total. The molecule has 1 aliphatic heterocycles. The Morgan fingerprint density at radius 2 is 1.85 bits per heavy atom. The zero-order chi connectivity index (χ0) is 18.9. The van der Waals surface area contributed by atoms with Gasteiger partial charge in [0.2, 0.25) is 11.9 Å². The number of ether oxygens (including phenoxy) is 1. The number of hydrogen-bond donors (Lipinski definition) is 1. The van der Waals surface area contributed by atoms with E-state index in [-0.39, 0.29) is 30.8 Å². The number of rotatable bonds is 6. The van der Waals surface area contributed by atoms with E-state index >= 15 is 0 Å². The molecule has 1 aromatic heterocycles. The summed E-state index contributed by atoms with van der Waals surface area (Å²) < 4.78 is 4.55. The Bertz CT molecular complexity index is 613. The molecule has 2 heterocycles. The maximum absolute atomic E-state index is 12.0. The third kappa shape index (κ3) is 5.97. The van der Waals surface area contributed by atoms with Crippen LogP contribution >= 0.6 is 0 Å². The summed E-state index contributed by atoms with van der Waals surface area (Å²) in [5.41, 5.74) is 1.77. The molecule has 0 radical (unpaired) electrons. The average Bonchev–Trinajstić information content (AvgIpc) is 2.59. The topological polar surface area (TPSA) is 84.4 Å². The van der Waals surface area contributed by atoms with E-state index in [1.807, 2.05) is 20.0 Å². The number of methoxy groups -OCH3 is 1. The van der Waals surface area contributed by atoms with E-state index in [0.29, 0.717) is 0 Å². The molecule has 1 atom stereocenters. The van der Waals surface area contributed by atoms with Crippen LogP contribution in [-0.2, 0) is 14.3 Å². The number of nitrogens with one attached hydrogen (secondary N) is 1. The van der Waals surface area contributed by atoms with E-state index in [2.05, 4.69) is 24.9 Å². The van der Waals surface area contributed by atoms with Gasteiger partial charge in [-0.25, -0.2) is 9.97 Å². The van der Waals surface area contributed by atoms with E-state index in [1.54, 1.807) is 0 Å². The number of hydrogen-bond acceptors (Lipinski definition) is 6. The second-order valence-electron chi connectivity index (χ2n) is 6.83. The summed E-state index contributed by atoms with van der Waals surface area (Å²) in [6.07, 6.45) is 8.21. The molecule has 1 aliphatic rings. The van der Waals surface area contributed by atoms with E-state index in [9.17, 15) is 9.59 Å². The molecule has 26 heavy (non-hydrogen) atoms. The number of carbonyl (C=O) groups excluding carboxylic acids is 2. The number of aromatic nitrogens is 2. The minimum absolute atomic E-state index is 0.0818. The van der Waals surface area contributed by atoms with Gasteiger partial charge in [0.1, 0.15) is 0 Å². The molecule has 1 saturated heterocycles. The molecule has 144 valence electrons. The largest absolute Gasteiger partial charge is 0.469 e. The number of anilines is 1. The van der Waals surface area contributed by atoms with Crippen molar-refractivity contribution in [3.05, 3.63) is 17.5 Å². The predicted octanol–water partition coefficient (Wildman–Crippen LogP) is 2.69. The SMILES string of the molecule is COC(=O)CCC(=O)NC(C)c1cnc(N2CCCCCCC2)nc1C. The highest BCUT2D eigenvalue weighted by Gasteiger charge is 2.17. The van der Waals surface area contributed by atoms with Gasteiger partial charge in [0.05, 0.1) is 19.6 Å². The molecule has 0 spiro atoms. The summed E-state index contributed by atoms with van der Waals surface area (Å²) in [6, 6.07) is -0.207.